The largest absolute Gasteiger partial charge is 0.497 e. The van der Waals surface area contributed by atoms with Crippen LogP contribution in [0.3, 0.4) is 0 Å². The van der Waals surface area contributed by atoms with Crippen molar-refractivity contribution in [2.24, 2.45) is 0 Å². The van der Waals surface area contributed by atoms with Crippen LogP contribution in [-0.2, 0) is 9.59 Å². The number of hydrogen-bond donors (Lipinski definition) is 4. The Balaban J connectivity index is 0.000000612. The zero-order valence-electron chi connectivity index (χ0n) is 17.3. The molecule has 0 aliphatic rings. The van der Waals surface area contributed by atoms with E-state index in [0.717, 1.165) is 41.9 Å². The Labute approximate surface area is 171 Å². The Bertz CT molecular complexity index is 770. The van der Waals surface area contributed by atoms with E-state index in [2.05, 4.69) is 35.5 Å². The lowest BCUT2D eigenvalue weighted by atomic mass is 10.1. The van der Waals surface area contributed by atoms with Crippen molar-refractivity contribution < 1.29 is 24.5 Å². The number of methoxy groups -OCH3 is 1. The molecule has 0 radical (unpaired) electrons. The number of aromatic nitrogens is 1. The Morgan fingerprint density at radius 2 is 1.90 bits per heavy atom. The summed E-state index contributed by atoms with van der Waals surface area (Å²) in [6.45, 7) is 6.67. The van der Waals surface area contributed by atoms with E-state index in [1.807, 2.05) is 24.4 Å². The Morgan fingerprint density at radius 1 is 1.17 bits per heavy atom. The van der Waals surface area contributed by atoms with Gasteiger partial charge >= 0.3 is 11.9 Å². The van der Waals surface area contributed by atoms with E-state index in [1.54, 1.807) is 7.11 Å². The van der Waals surface area contributed by atoms with Gasteiger partial charge in [-0.15, -0.1) is 0 Å². The maximum atomic E-state index is 9.10. The fourth-order valence-electron chi connectivity index (χ4n) is 2.73. The Morgan fingerprint density at radius 3 is 2.52 bits per heavy atom. The summed E-state index contributed by atoms with van der Waals surface area (Å²) in [7, 11) is 1.70. The monoisotopic (exact) mass is 405 g/mol. The summed E-state index contributed by atoms with van der Waals surface area (Å²) >= 11 is 0. The van der Waals surface area contributed by atoms with Crippen molar-refractivity contribution in [3.63, 3.8) is 0 Å². The second-order valence-corrected chi connectivity index (χ2v) is 6.65. The molecule has 160 valence electrons. The molecule has 0 spiro atoms. The van der Waals surface area contributed by atoms with Crippen molar-refractivity contribution in [1.29, 1.82) is 0 Å². The number of carbonyl (C=O) groups is 2. The molecule has 1 unspecified atom stereocenters. The third-order valence-corrected chi connectivity index (χ3v) is 4.17. The third kappa shape index (κ3) is 9.25. The molecule has 1 aromatic heterocycles. The molecule has 0 aliphatic heterocycles. The van der Waals surface area contributed by atoms with Gasteiger partial charge in [0.2, 0.25) is 0 Å². The predicted molar refractivity (Wildman–Crippen MR) is 114 cm³/mol. The van der Waals surface area contributed by atoms with Crippen LogP contribution in [0.1, 0.15) is 39.5 Å². The Kier molecular flexibility index (Phi) is 11.1. The number of rotatable bonds is 10. The average molecular weight is 405 g/mol. The number of aliphatic carboxylic acids is 2. The molecule has 0 fully saturated rings. The number of carboxylic acid groups (broad SMARTS) is 2. The van der Waals surface area contributed by atoms with Crippen molar-refractivity contribution in [1.82, 2.24) is 10.3 Å². The molecule has 2 aromatic rings. The molecule has 4 N–H and O–H groups in total. The van der Waals surface area contributed by atoms with Crippen LogP contribution in [0.2, 0.25) is 0 Å². The molecule has 29 heavy (non-hydrogen) atoms. The molecule has 2 rings (SSSR count). The van der Waals surface area contributed by atoms with Gasteiger partial charge in [0.1, 0.15) is 5.75 Å². The van der Waals surface area contributed by atoms with E-state index < -0.39 is 11.9 Å². The predicted octanol–water partition coefficient (Wildman–Crippen LogP) is 3.37. The van der Waals surface area contributed by atoms with E-state index in [9.17, 15) is 0 Å². The fraction of sp³-hybridized carbons (Fsp3) is 0.476. The van der Waals surface area contributed by atoms with E-state index in [-0.39, 0.29) is 0 Å². The number of ether oxygens (including phenoxy) is 1. The van der Waals surface area contributed by atoms with Gasteiger partial charge in [-0.05, 0) is 51.4 Å². The first-order chi connectivity index (χ1) is 13.9. The second-order valence-electron chi connectivity index (χ2n) is 6.65. The van der Waals surface area contributed by atoms with Crippen LogP contribution in [0.4, 0.5) is 5.69 Å². The fourth-order valence-corrected chi connectivity index (χ4v) is 2.73. The zero-order chi connectivity index (χ0) is 21.6. The lowest BCUT2D eigenvalue weighted by molar-refractivity contribution is -0.159. The maximum absolute atomic E-state index is 9.10. The van der Waals surface area contributed by atoms with Crippen LogP contribution in [0.15, 0.2) is 30.5 Å². The summed E-state index contributed by atoms with van der Waals surface area (Å²) in [5, 5.41) is 22.9. The number of anilines is 1. The van der Waals surface area contributed by atoms with Crippen LogP contribution in [-0.4, -0.2) is 53.4 Å². The maximum Gasteiger partial charge on any atom is 0.414 e. The number of benzene rings is 1. The van der Waals surface area contributed by atoms with Crippen molar-refractivity contribution >= 4 is 28.5 Å². The summed E-state index contributed by atoms with van der Waals surface area (Å²) < 4.78 is 5.40. The highest BCUT2D eigenvalue weighted by molar-refractivity contribution is 6.27. The minimum Gasteiger partial charge on any atom is -0.497 e. The van der Waals surface area contributed by atoms with Gasteiger partial charge in [0.25, 0.3) is 0 Å². The summed E-state index contributed by atoms with van der Waals surface area (Å²) in [5.41, 5.74) is 2.06. The van der Waals surface area contributed by atoms with Crippen LogP contribution in [0.25, 0.3) is 10.9 Å². The molecule has 1 aromatic carbocycles. The molecule has 0 aliphatic carbocycles. The van der Waals surface area contributed by atoms with Gasteiger partial charge in [-0.1, -0.05) is 19.4 Å². The summed E-state index contributed by atoms with van der Waals surface area (Å²) in [4.78, 5) is 22.7. The van der Waals surface area contributed by atoms with Crippen molar-refractivity contribution in [3.8, 4) is 5.75 Å². The van der Waals surface area contributed by atoms with E-state index in [4.69, 9.17) is 24.5 Å². The van der Waals surface area contributed by atoms with E-state index in [1.165, 1.54) is 19.3 Å². The van der Waals surface area contributed by atoms with Crippen LogP contribution in [0.5, 0.6) is 5.75 Å². The van der Waals surface area contributed by atoms with Crippen LogP contribution < -0.4 is 15.4 Å². The minimum absolute atomic E-state index is 0.415. The summed E-state index contributed by atoms with van der Waals surface area (Å²) in [6.07, 6.45) is 6.64. The highest BCUT2D eigenvalue weighted by Gasteiger charge is 2.09. The number of nitrogens with one attached hydrogen (secondary N) is 2. The van der Waals surface area contributed by atoms with Gasteiger partial charge in [-0.3, -0.25) is 4.98 Å². The molecule has 1 atom stereocenters. The lowest BCUT2D eigenvalue weighted by Crippen LogP contribution is -2.18. The van der Waals surface area contributed by atoms with Crippen molar-refractivity contribution in [2.75, 3.05) is 25.5 Å². The quantitative estimate of drug-likeness (QED) is 0.351. The molecule has 8 nitrogen and oxygen atoms in total. The standard InChI is InChI=1S/C19H29N3O.C2H2O4/c1-4-10-20-11-6-5-8-15(2)22-18-14-17(23-3)13-16-9-7-12-21-19(16)18;3-1(4)2(5)6/h7,9,12-15,20,22H,4-6,8,10-11H2,1-3H3;(H,3,4)(H,5,6). The number of unbranched alkanes of at least 4 members (excludes halogenated alkanes) is 1. The van der Waals surface area contributed by atoms with Crippen LogP contribution in [0, 0.1) is 0 Å². The Hall–Kier alpha value is -2.87. The molecule has 8 heteroatoms. The lowest BCUT2D eigenvalue weighted by Gasteiger charge is -2.17. The molecule has 0 saturated heterocycles. The van der Waals surface area contributed by atoms with E-state index >= 15 is 0 Å². The second kappa shape index (κ2) is 13.3. The number of nitrogens with zero attached hydrogens (tertiary/aromatic N) is 1. The molecule has 0 amide bonds. The smallest absolute Gasteiger partial charge is 0.414 e. The number of fused-ring (bicyclic) bond motifs is 1. The molecular formula is C21H31N3O5. The van der Waals surface area contributed by atoms with Crippen molar-refractivity contribution in [3.05, 3.63) is 30.5 Å². The first kappa shape index (κ1) is 24.2. The zero-order valence-corrected chi connectivity index (χ0v) is 17.3. The van der Waals surface area contributed by atoms with Gasteiger partial charge in [0, 0.05) is 23.7 Å². The first-order valence-corrected chi connectivity index (χ1v) is 9.75. The molecule has 1 heterocycles. The van der Waals surface area contributed by atoms with E-state index in [0.29, 0.717) is 6.04 Å². The highest BCUT2D eigenvalue weighted by Crippen LogP contribution is 2.28. The van der Waals surface area contributed by atoms with Crippen molar-refractivity contribution in [2.45, 2.75) is 45.6 Å². The topological polar surface area (TPSA) is 121 Å². The number of hydrogen-bond acceptors (Lipinski definition) is 6. The van der Waals surface area contributed by atoms with Gasteiger partial charge in [-0.25, -0.2) is 9.59 Å². The molecular weight excluding hydrogens is 374 g/mol. The molecule has 0 saturated carbocycles. The SMILES string of the molecule is CCCNCCCCC(C)Nc1cc(OC)cc2cccnc12.O=C(O)C(=O)O. The number of pyridine rings is 1. The van der Waals surface area contributed by atoms with Gasteiger partial charge in [-0.2, -0.15) is 0 Å². The van der Waals surface area contributed by atoms with Gasteiger partial charge in [0.05, 0.1) is 18.3 Å². The van der Waals surface area contributed by atoms with Gasteiger partial charge < -0.3 is 25.6 Å². The summed E-state index contributed by atoms with van der Waals surface area (Å²) in [5.74, 6) is -2.78. The highest BCUT2D eigenvalue weighted by atomic mass is 16.5. The molecule has 0 bridgehead atoms. The average Bonchev–Trinajstić information content (AvgIpc) is 2.70. The van der Waals surface area contributed by atoms with Gasteiger partial charge in [0.15, 0.2) is 0 Å². The minimum atomic E-state index is -1.82. The third-order valence-electron chi connectivity index (χ3n) is 4.17. The number of carboxylic acids is 2. The summed E-state index contributed by atoms with van der Waals surface area (Å²) in [6, 6.07) is 8.50. The van der Waals surface area contributed by atoms with Crippen LogP contribution >= 0.6 is 0 Å². The normalized spacial score (nSPS) is 11.3. The first-order valence-electron chi connectivity index (χ1n) is 9.75.